The van der Waals surface area contributed by atoms with Crippen molar-refractivity contribution in [2.24, 2.45) is 0 Å². The van der Waals surface area contributed by atoms with Gasteiger partial charge in [0.25, 0.3) is 0 Å². The predicted molar refractivity (Wildman–Crippen MR) is 48.7 cm³/mol. The molecule has 2 N–H and O–H groups in total. The van der Waals surface area contributed by atoms with Gasteiger partial charge in [-0.1, -0.05) is 0 Å². The second kappa shape index (κ2) is 5.41. The summed E-state index contributed by atoms with van der Waals surface area (Å²) in [5, 5.41) is 17.2. The quantitative estimate of drug-likeness (QED) is 0.420. The Hall–Kier alpha value is -0.490. The zero-order valence-corrected chi connectivity index (χ0v) is 10.3. The molecule has 70 valence electrons. The first-order chi connectivity index (χ1) is 6.00. The van der Waals surface area contributed by atoms with E-state index >= 15 is 0 Å². The van der Waals surface area contributed by atoms with Crippen molar-refractivity contribution >= 4 is 24.6 Å². The molecule has 0 radical (unpaired) electrons. The summed E-state index contributed by atoms with van der Waals surface area (Å²) in [7, 11) is 0. The van der Waals surface area contributed by atoms with E-state index in [0.717, 1.165) is 6.07 Å². The minimum Gasteiger partial charge on any atom is -1.00 e. The van der Waals surface area contributed by atoms with Gasteiger partial charge in [-0.25, -0.2) is 9.59 Å². The smallest absolute Gasteiger partial charge is 1.00 e. The van der Waals surface area contributed by atoms with Crippen molar-refractivity contribution in [1.82, 2.24) is 0 Å². The SMILES string of the molecule is O=C(O)c1cc(S)cc(C(=O)O)c1.[H-].[Na+]. The minimum atomic E-state index is -1.17. The predicted octanol–water partition coefficient (Wildman–Crippen LogP) is -1.51. The van der Waals surface area contributed by atoms with Crippen LogP contribution in [0.2, 0.25) is 0 Å². The third-order valence-electron chi connectivity index (χ3n) is 1.41. The van der Waals surface area contributed by atoms with Crippen molar-refractivity contribution in [3.05, 3.63) is 29.3 Å². The van der Waals surface area contributed by atoms with E-state index in [0.29, 0.717) is 4.90 Å². The van der Waals surface area contributed by atoms with Gasteiger partial charge in [0.1, 0.15) is 0 Å². The third kappa shape index (κ3) is 3.34. The van der Waals surface area contributed by atoms with Crippen molar-refractivity contribution in [2.45, 2.75) is 4.90 Å². The number of hydrogen-bond acceptors (Lipinski definition) is 3. The topological polar surface area (TPSA) is 74.6 Å². The van der Waals surface area contributed by atoms with Crippen LogP contribution in [-0.2, 0) is 0 Å². The molecule has 0 aliphatic heterocycles. The van der Waals surface area contributed by atoms with Crippen LogP contribution in [-0.4, -0.2) is 22.2 Å². The Balaban J connectivity index is 0. The van der Waals surface area contributed by atoms with Crippen molar-refractivity contribution in [2.75, 3.05) is 0 Å². The minimum absolute atomic E-state index is 0. The molecule has 0 spiro atoms. The molecule has 4 nitrogen and oxygen atoms in total. The van der Waals surface area contributed by atoms with E-state index in [-0.39, 0.29) is 42.1 Å². The maximum atomic E-state index is 10.5. The van der Waals surface area contributed by atoms with E-state index in [1.165, 1.54) is 12.1 Å². The molecule has 0 amide bonds. The maximum Gasteiger partial charge on any atom is 1.00 e. The van der Waals surface area contributed by atoms with Gasteiger partial charge in [-0.05, 0) is 18.2 Å². The first kappa shape index (κ1) is 13.5. The van der Waals surface area contributed by atoms with Gasteiger partial charge in [-0.3, -0.25) is 0 Å². The Morgan fingerprint density at radius 3 is 1.71 bits per heavy atom. The number of carboxylic acid groups (broad SMARTS) is 2. The van der Waals surface area contributed by atoms with Gasteiger partial charge >= 0.3 is 41.5 Å². The largest absolute Gasteiger partial charge is 1.00 e. The molecule has 0 atom stereocenters. The molecule has 0 aliphatic carbocycles. The monoisotopic (exact) mass is 222 g/mol. The molecule has 0 aromatic heterocycles. The molecule has 1 rings (SSSR count). The molecule has 0 saturated carbocycles. The molecule has 0 fully saturated rings. The van der Waals surface area contributed by atoms with Gasteiger partial charge in [-0.15, -0.1) is 12.6 Å². The summed E-state index contributed by atoms with van der Waals surface area (Å²) in [5.74, 6) is -2.34. The number of carbonyl (C=O) groups is 2. The Kier molecular flexibility index (Phi) is 5.22. The van der Waals surface area contributed by atoms with Crippen LogP contribution in [0.3, 0.4) is 0 Å². The standard InChI is InChI=1S/C8H6O4S.Na.H/c9-7(10)4-1-5(8(11)12)3-6(13)2-4;;/h1-3,13H,(H,9,10)(H,11,12);;/q;+1;-1. The average molecular weight is 222 g/mol. The van der Waals surface area contributed by atoms with E-state index in [4.69, 9.17) is 10.2 Å². The first-order valence-corrected chi connectivity index (χ1v) is 3.76. The van der Waals surface area contributed by atoms with Gasteiger partial charge in [0.05, 0.1) is 11.1 Å². The second-order valence-electron chi connectivity index (χ2n) is 2.38. The van der Waals surface area contributed by atoms with E-state index in [1.54, 1.807) is 0 Å². The number of rotatable bonds is 2. The van der Waals surface area contributed by atoms with Crippen LogP contribution in [0.25, 0.3) is 0 Å². The molecule has 0 aliphatic rings. The number of hydrogen-bond donors (Lipinski definition) is 3. The van der Waals surface area contributed by atoms with Crippen LogP contribution < -0.4 is 29.6 Å². The van der Waals surface area contributed by atoms with Crippen molar-refractivity contribution in [3.8, 4) is 0 Å². The number of benzene rings is 1. The van der Waals surface area contributed by atoms with Crippen LogP contribution in [0.1, 0.15) is 22.1 Å². The summed E-state index contributed by atoms with van der Waals surface area (Å²) >= 11 is 3.89. The summed E-state index contributed by atoms with van der Waals surface area (Å²) < 4.78 is 0. The normalized spacial score (nSPS) is 8.93. The van der Waals surface area contributed by atoms with Gasteiger partial charge in [-0.2, -0.15) is 0 Å². The van der Waals surface area contributed by atoms with Crippen LogP contribution in [0.4, 0.5) is 0 Å². The summed E-state index contributed by atoms with van der Waals surface area (Å²) in [5.41, 5.74) is -0.158. The fourth-order valence-electron chi connectivity index (χ4n) is 0.858. The van der Waals surface area contributed by atoms with Gasteiger partial charge in [0, 0.05) is 4.90 Å². The molecule has 1 aromatic carbocycles. The van der Waals surface area contributed by atoms with Crippen LogP contribution >= 0.6 is 12.6 Å². The Labute approximate surface area is 109 Å². The van der Waals surface area contributed by atoms with E-state index in [2.05, 4.69) is 12.6 Å². The van der Waals surface area contributed by atoms with Crippen molar-refractivity contribution in [1.29, 1.82) is 0 Å². The molecule has 6 heteroatoms. The Morgan fingerprint density at radius 2 is 1.43 bits per heavy atom. The van der Waals surface area contributed by atoms with Crippen LogP contribution in [0.15, 0.2) is 23.1 Å². The second-order valence-corrected chi connectivity index (χ2v) is 2.90. The summed E-state index contributed by atoms with van der Waals surface area (Å²) in [6, 6.07) is 3.67. The fraction of sp³-hybridized carbons (Fsp3) is 0. The average Bonchev–Trinajstić information content (AvgIpc) is 2.03. The summed E-state index contributed by atoms with van der Waals surface area (Å²) in [6.07, 6.45) is 0. The van der Waals surface area contributed by atoms with Crippen molar-refractivity contribution < 1.29 is 50.8 Å². The zero-order chi connectivity index (χ0) is 10.0. The van der Waals surface area contributed by atoms with E-state index < -0.39 is 11.9 Å². The molecule has 0 saturated heterocycles. The van der Waals surface area contributed by atoms with Gasteiger partial charge in [0.15, 0.2) is 0 Å². The zero-order valence-electron chi connectivity index (χ0n) is 8.39. The van der Waals surface area contributed by atoms with Crippen LogP contribution in [0, 0.1) is 0 Å². The molecule has 0 unspecified atom stereocenters. The molecular formula is C8H7NaO4S. The van der Waals surface area contributed by atoms with E-state index in [1.807, 2.05) is 0 Å². The number of aromatic carboxylic acids is 2. The fourth-order valence-corrected chi connectivity index (χ4v) is 1.14. The number of thiol groups is 1. The summed E-state index contributed by atoms with van der Waals surface area (Å²) in [4.78, 5) is 21.3. The molecule has 0 heterocycles. The Morgan fingerprint density at radius 1 is 1.07 bits per heavy atom. The molecule has 0 bridgehead atoms. The van der Waals surface area contributed by atoms with Gasteiger partial charge < -0.3 is 11.6 Å². The van der Waals surface area contributed by atoms with Crippen molar-refractivity contribution in [3.63, 3.8) is 0 Å². The van der Waals surface area contributed by atoms with Crippen LogP contribution in [0.5, 0.6) is 0 Å². The maximum absolute atomic E-state index is 10.5. The number of carboxylic acids is 2. The first-order valence-electron chi connectivity index (χ1n) is 3.31. The third-order valence-corrected chi connectivity index (χ3v) is 1.67. The van der Waals surface area contributed by atoms with E-state index in [9.17, 15) is 9.59 Å². The van der Waals surface area contributed by atoms with Gasteiger partial charge in [0.2, 0.25) is 0 Å². The Bertz CT molecular complexity index is 351. The molecule has 1 aromatic rings. The summed E-state index contributed by atoms with van der Waals surface area (Å²) in [6.45, 7) is 0. The molecular weight excluding hydrogens is 215 g/mol. The molecule has 14 heavy (non-hydrogen) atoms.